The van der Waals surface area contributed by atoms with E-state index in [1.165, 1.54) is 5.56 Å². The molecule has 2 rings (SSSR count). The van der Waals surface area contributed by atoms with Crippen molar-refractivity contribution >= 4 is 21.8 Å². The summed E-state index contributed by atoms with van der Waals surface area (Å²) >= 11 is 3.61. The number of nitrogens with two attached hydrogens (primary N) is 2. The molecule has 110 valence electrons. The number of hydrogen-bond donors (Lipinski definition) is 2. The number of carbonyl (C=O) groups excluding carboxylic acids is 1. The predicted molar refractivity (Wildman–Crippen MR) is 84.0 cm³/mol. The van der Waals surface area contributed by atoms with E-state index < -0.39 is 0 Å². The molecule has 0 radical (unpaired) electrons. The summed E-state index contributed by atoms with van der Waals surface area (Å²) in [7, 11) is 0. The standard InChI is InChI=1S/C15H22BrN3O/c1-2-13(17)14(11-5-3-4-6-12(11)16)19-8-7-10(9-19)15(18)20/h3-6,10,13-14H,2,7-9,17H2,1H3,(H2,18,20). The Morgan fingerprint density at radius 1 is 1.50 bits per heavy atom. The van der Waals surface area contributed by atoms with Crippen molar-refractivity contribution in [1.82, 2.24) is 4.90 Å². The van der Waals surface area contributed by atoms with Gasteiger partial charge in [-0.05, 0) is 31.0 Å². The highest BCUT2D eigenvalue weighted by Gasteiger charge is 2.34. The number of rotatable bonds is 5. The lowest BCUT2D eigenvalue weighted by Crippen LogP contribution is -2.40. The molecule has 4 nitrogen and oxygen atoms in total. The minimum Gasteiger partial charge on any atom is -0.369 e. The van der Waals surface area contributed by atoms with Crippen LogP contribution < -0.4 is 11.5 Å². The van der Waals surface area contributed by atoms with Crippen LogP contribution in [0.25, 0.3) is 0 Å². The van der Waals surface area contributed by atoms with Crippen molar-refractivity contribution in [3.8, 4) is 0 Å². The van der Waals surface area contributed by atoms with E-state index in [1.54, 1.807) is 0 Å². The van der Waals surface area contributed by atoms with E-state index in [4.69, 9.17) is 11.5 Å². The second-order valence-electron chi connectivity index (χ2n) is 5.42. The molecule has 20 heavy (non-hydrogen) atoms. The van der Waals surface area contributed by atoms with E-state index >= 15 is 0 Å². The lowest BCUT2D eigenvalue weighted by molar-refractivity contribution is -0.121. The molecule has 3 unspecified atom stereocenters. The van der Waals surface area contributed by atoms with Gasteiger partial charge in [0.2, 0.25) is 5.91 Å². The zero-order chi connectivity index (χ0) is 14.7. The lowest BCUT2D eigenvalue weighted by atomic mass is 9.96. The molecule has 1 amide bonds. The first-order valence-electron chi connectivity index (χ1n) is 7.08. The van der Waals surface area contributed by atoms with Crippen LogP contribution in [0.1, 0.15) is 31.4 Å². The Labute approximate surface area is 128 Å². The van der Waals surface area contributed by atoms with Gasteiger partial charge in [0.1, 0.15) is 0 Å². The number of amides is 1. The minimum atomic E-state index is -0.205. The fraction of sp³-hybridized carbons (Fsp3) is 0.533. The van der Waals surface area contributed by atoms with Gasteiger partial charge in [-0.2, -0.15) is 0 Å². The average Bonchev–Trinajstić information content (AvgIpc) is 2.90. The first kappa shape index (κ1) is 15.5. The van der Waals surface area contributed by atoms with E-state index in [2.05, 4.69) is 33.8 Å². The van der Waals surface area contributed by atoms with Crippen LogP contribution in [0.4, 0.5) is 0 Å². The van der Waals surface area contributed by atoms with Crippen LogP contribution in [-0.4, -0.2) is 29.9 Å². The van der Waals surface area contributed by atoms with Crippen LogP contribution in [-0.2, 0) is 4.79 Å². The molecule has 3 atom stereocenters. The third kappa shape index (κ3) is 3.22. The number of nitrogens with zero attached hydrogens (tertiary/aromatic N) is 1. The van der Waals surface area contributed by atoms with Crippen LogP contribution in [0, 0.1) is 5.92 Å². The molecular weight excluding hydrogens is 318 g/mol. The molecule has 1 aliphatic rings. The van der Waals surface area contributed by atoms with E-state index in [9.17, 15) is 4.79 Å². The molecule has 1 aromatic rings. The van der Waals surface area contributed by atoms with Gasteiger partial charge >= 0.3 is 0 Å². The zero-order valence-corrected chi connectivity index (χ0v) is 13.3. The number of likely N-dealkylation sites (tertiary alicyclic amines) is 1. The summed E-state index contributed by atoms with van der Waals surface area (Å²) in [6.45, 7) is 3.67. The maximum Gasteiger partial charge on any atom is 0.221 e. The van der Waals surface area contributed by atoms with Gasteiger partial charge in [0.05, 0.1) is 12.0 Å². The largest absolute Gasteiger partial charge is 0.369 e. The second kappa shape index (κ2) is 6.70. The number of halogens is 1. The number of carbonyl (C=O) groups is 1. The molecule has 1 saturated heterocycles. The smallest absolute Gasteiger partial charge is 0.221 e. The third-order valence-corrected chi connectivity index (χ3v) is 4.84. The molecule has 1 aromatic carbocycles. The van der Waals surface area contributed by atoms with Crippen molar-refractivity contribution in [1.29, 1.82) is 0 Å². The van der Waals surface area contributed by atoms with Gasteiger partial charge in [-0.3, -0.25) is 9.69 Å². The van der Waals surface area contributed by atoms with Gasteiger partial charge in [-0.1, -0.05) is 41.1 Å². The topological polar surface area (TPSA) is 72.3 Å². The van der Waals surface area contributed by atoms with Gasteiger partial charge in [-0.15, -0.1) is 0 Å². The Morgan fingerprint density at radius 2 is 2.20 bits per heavy atom. The molecule has 1 fully saturated rings. The minimum absolute atomic E-state index is 0.0420. The molecule has 0 aromatic heterocycles. The average molecular weight is 340 g/mol. The van der Waals surface area contributed by atoms with Gasteiger partial charge in [0.25, 0.3) is 0 Å². The van der Waals surface area contributed by atoms with E-state index in [1.807, 2.05) is 18.2 Å². The first-order chi connectivity index (χ1) is 9.54. The normalized spacial score (nSPS) is 22.6. The molecule has 0 aliphatic carbocycles. The quantitative estimate of drug-likeness (QED) is 0.862. The summed E-state index contributed by atoms with van der Waals surface area (Å²) in [5, 5.41) is 0. The Balaban J connectivity index is 2.26. The van der Waals surface area contributed by atoms with Gasteiger partial charge in [-0.25, -0.2) is 0 Å². The molecule has 5 heteroatoms. The summed E-state index contributed by atoms with van der Waals surface area (Å²) in [5.41, 5.74) is 13.0. The first-order valence-corrected chi connectivity index (χ1v) is 7.87. The maximum absolute atomic E-state index is 11.4. The van der Waals surface area contributed by atoms with Crippen molar-refractivity contribution < 1.29 is 4.79 Å². The van der Waals surface area contributed by atoms with Gasteiger partial charge < -0.3 is 11.5 Å². The van der Waals surface area contributed by atoms with E-state index in [-0.39, 0.29) is 23.9 Å². The summed E-state index contributed by atoms with van der Waals surface area (Å²) in [4.78, 5) is 13.7. The second-order valence-corrected chi connectivity index (χ2v) is 6.28. The predicted octanol–water partition coefficient (Wildman–Crippen LogP) is 2.03. The summed E-state index contributed by atoms with van der Waals surface area (Å²) < 4.78 is 1.07. The fourth-order valence-corrected chi connectivity index (χ4v) is 3.43. The van der Waals surface area contributed by atoms with Gasteiger partial charge in [0.15, 0.2) is 0 Å². The van der Waals surface area contributed by atoms with E-state index in [0.29, 0.717) is 6.54 Å². The Kier molecular flexibility index (Phi) is 5.18. The number of hydrogen-bond acceptors (Lipinski definition) is 3. The molecule has 1 aliphatic heterocycles. The monoisotopic (exact) mass is 339 g/mol. The molecular formula is C15H22BrN3O. The Morgan fingerprint density at radius 3 is 2.75 bits per heavy atom. The van der Waals surface area contributed by atoms with Crippen LogP contribution >= 0.6 is 15.9 Å². The van der Waals surface area contributed by atoms with Crippen LogP contribution in [0.15, 0.2) is 28.7 Å². The number of primary amides is 1. The Bertz CT molecular complexity index is 480. The van der Waals surface area contributed by atoms with Crippen LogP contribution in [0.3, 0.4) is 0 Å². The summed E-state index contributed by atoms with van der Waals surface area (Å²) in [5.74, 6) is -0.257. The number of benzene rings is 1. The van der Waals surface area contributed by atoms with Crippen LogP contribution in [0.5, 0.6) is 0 Å². The van der Waals surface area contributed by atoms with E-state index in [0.717, 1.165) is 23.9 Å². The lowest BCUT2D eigenvalue weighted by Gasteiger charge is -2.33. The van der Waals surface area contributed by atoms with Gasteiger partial charge in [0, 0.05) is 17.1 Å². The Hall–Kier alpha value is -0.910. The summed E-state index contributed by atoms with van der Waals surface area (Å²) in [6, 6.07) is 8.32. The molecule has 0 saturated carbocycles. The maximum atomic E-state index is 11.4. The fourth-order valence-electron chi connectivity index (χ4n) is 2.91. The van der Waals surface area contributed by atoms with Crippen molar-refractivity contribution in [2.75, 3.05) is 13.1 Å². The third-order valence-electron chi connectivity index (χ3n) is 4.12. The molecule has 1 heterocycles. The highest BCUT2D eigenvalue weighted by molar-refractivity contribution is 9.10. The summed E-state index contributed by atoms with van der Waals surface area (Å²) in [6.07, 6.45) is 1.72. The van der Waals surface area contributed by atoms with Crippen molar-refractivity contribution in [2.45, 2.75) is 31.8 Å². The van der Waals surface area contributed by atoms with Crippen molar-refractivity contribution in [3.05, 3.63) is 34.3 Å². The van der Waals surface area contributed by atoms with Crippen LogP contribution in [0.2, 0.25) is 0 Å². The zero-order valence-electron chi connectivity index (χ0n) is 11.8. The molecule has 0 spiro atoms. The molecule has 4 N–H and O–H groups in total. The molecule has 0 bridgehead atoms. The highest BCUT2D eigenvalue weighted by Crippen LogP contribution is 2.34. The highest BCUT2D eigenvalue weighted by atomic mass is 79.9. The van der Waals surface area contributed by atoms with Crippen molar-refractivity contribution in [2.24, 2.45) is 17.4 Å². The SMILES string of the molecule is CCC(N)C(c1ccccc1Br)N1CCC(C(N)=O)C1. The van der Waals surface area contributed by atoms with Crippen molar-refractivity contribution in [3.63, 3.8) is 0 Å².